The van der Waals surface area contributed by atoms with E-state index in [1.54, 1.807) is 12.1 Å². The number of benzene rings is 1. The first-order valence-corrected chi connectivity index (χ1v) is 9.00. The second-order valence-electron chi connectivity index (χ2n) is 5.51. The highest BCUT2D eigenvalue weighted by molar-refractivity contribution is 7.98. The van der Waals surface area contributed by atoms with E-state index in [9.17, 15) is 14.7 Å². The normalized spacial score (nSPS) is 21.9. The number of carbonyl (C=O) groups is 2. The molecule has 1 saturated carbocycles. The maximum Gasteiger partial charge on any atom is 0.308 e. The Labute approximate surface area is 139 Å². The quantitative estimate of drug-likeness (QED) is 0.645. The van der Waals surface area contributed by atoms with E-state index >= 15 is 0 Å². The summed E-state index contributed by atoms with van der Waals surface area (Å²) in [6, 6.07) is 4.97. The Balaban J connectivity index is 2.17. The predicted molar refractivity (Wildman–Crippen MR) is 88.7 cm³/mol. The van der Waals surface area contributed by atoms with Crippen molar-refractivity contribution in [2.75, 3.05) is 6.26 Å². The SMILES string of the molecule is CSc1ccc(Cl)c(C(=O)N[C@H]2CCCCC[C@H]2C(=O)O)c1. The number of carbonyl (C=O) groups excluding carboxylic acids is 1. The molecule has 0 spiro atoms. The van der Waals surface area contributed by atoms with Crippen LogP contribution in [0.2, 0.25) is 5.02 Å². The summed E-state index contributed by atoms with van der Waals surface area (Å²) in [6.07, 6.45) is 6.08. The molecule has 4 nitrogen and oxygen atoms in total. The number of hydrogen-bond donors (Lipinski definition) is 2. The smallest absolute Gasteiger partial charge is 0.308 e. The molecule has 2 rings (SSSR count). The van der Waals surface area contributed by atoms with Gasteiger partial charge in [0.15, 0.2) is 0 Å². The lowest BCUT2D eigenvalue weighted by atomic mass is 9.94. The molecular formula is C16H20ClNO3S. The Kier molecular flexibility index (Phi) is 6.15. The molecule has 6 heteroatoms. The van der Waals surface area contributed by atoms with Gasteiger partial charge in [0.1, 0.15) is 0 Å². The molecule has 1 amide bonds. The van der Waals surface area contributed by atoms with Crippen molar-refractivity contribution in [1.29, 1.82) is 0 Å². The summed E-state index contributed by atoms with van der Waals surface area (Å²) in [4.78, 5) is 24.9. The second-order valence-corrected chi connectivity index (χ2v) is 6.80. The third kappa shape index (κ3) is 4.17. The van der Waals surface area contributed by atoms with Crippen molar-refractivity contribution in [3.05, 3.63) is 28.8 Å². The lowest BCUT2D eigenvalue weighted by Gasteiger charge is -2.23. The second kappa shape index (κ2) is 7.88. The predicted octanol–water partition coefficient (Wildman–Crippen LogP) is 3.83. The number of thioether (sulfide) groups is 1. The van der Waals surface area contributed by atoms with Crippen molar-refractivity contribution in [2.24, 2.45) is 5.92 Å². The largest absolute Gasteiger partial charge is 0.481 e. The van der Waals surface area contributed by atoms with Gasteiger partial charge in [-0.3, -0.25) is 9.59 Å². The molecule has 0 radical (unpaired) electrons. The Hall–Kier alpha value is -1.20. The van der Waals surface area contributed by atoms with Gasteiger partial charge in [0.2, 0.25) is 0 Å². The minimum absolute atomic E-state index is 0.293. The van der Waals surface area contributed by atoms with Crippen LogP contribution in [0.5, 0.6) is 0 Å². The van der Waals surface area contributed by atoms with Gasteiger partial charge in [-0.05, 0) is 37.3 Å². The van der Waals surface area contributed by atoms with Crippen LogP contribution in [0.4, 0.5) is 0 Å². The number of amides is 1. The zero-order valence-corrected chi connectivity index (χ0v) is 14.0. The van der Waals surface area contributed by atoms with E-state index in [1.807, 2.05) is 12.3 Å². The van der Waals surface area contributed by atoms with E-state index < -0.39 is 11.9 Å². The number of carboxylic acid groups (broad SMARTS) is 1. The Morgan fingerprint density at radius 3 is 2.68 bits per heavy atom. The number of carboxylic acids is 1. The third-order valence-electron chi connectivity index (χ3n) is 4.07. The van der Waals surface area contributed by atoms with Gasteiger partial charge in [-0.2, -0.15) is 0 Å². The fourth-order valence-electron chi connectivity index (χ4n) is 2.83. The van der Waals surface area contributed by atoms with Gasteiger partial charge in [-0.1, -0.05) is 30.9 Å². The van der Waals surface area contributed by atoms with E-state index in [-0.39, 0.29) is 11.9 Å². The van der Waals surface area contributed by atoms with Crippen LogP contribution in [0.25, 0.3) is 0 Å². The standard InChI is InChI=1S/C16H20ClNO3S/c1-22-10-7-8-13(17)12(9-10)15(19)18-14-6-4-2-3-5-11(14)16(20)21/h7-9,11,14H,2-6H2,1H3,(H,18,19)(H,20,21)/t11-,14+/m1/s1. The van der Waals surface area contributed by atoms with Gasteiger partial charge < -0.3 is 10.4 Å². The molecular weight excluding hydrogens is 322 g/mol. The Morgan fingerprint density at radius 2 is 2.00 bits per heavy atom. The number of halogens is 1. The zero-order chi connectivity index (χ0) is 16.1. The van der Waals surface area contributed by atoms with Crippen molar-refractivity contribution in [3.63, 3.8) is 0 Å². The molecule has 0 heterocycles. The number of aliphatic carboxylic acids is 1. The van der Waals surface area contributed by atoms with Crippen molar-refractivity contribution in [1.82, 2.24) is 5.32 Å². The zero-order valence-electron chi connectivity index (χ0n) is 12.5. The average molecular weight is 342 g/mol. The van der Waals surface area contributed by atoms with Crippen LogP contribution >= 0.6 is 23.4 Å². The molecule has 0 bridgehead atoms. The minimum Gasteiger partial charge on any atom is -0.481 e. The summed E-state index contributed by atoms with van der Waals surface area (Å²) in [5.41, 5.74) is 0.405. The summed E-state index contributed by atoms with van der Waals surface area (Å²) >= 11 is 7.64. The molecule has 0 unspecified atom stereocenters. The molecule has 1 aliphatic carbocycles. The molecule has 2 atom stereocenters. The average Bonchev–Trinajstić information content (AvgIpc) is 2.73. The highest BCUT2D eigenvalue weighted by Gasteiger charge is 2.31. The molecule has 2 N–H and O–H groups in total. The molecule has 120 valence electrons. The van der Waals surface area contributed by atoms with E-state index in [0.29, 0.717) is 23.4 Å². The van der Waals surface area contributed by atoms with E-state index in [4.69, 9.17) is 11.6 Å². The molecule has 0 aromatic heterocycles. The fourth-order valence-corrected chi connectivity index (χ4v) is 3.47. The number of nitrogens with one attached hydrogen (secondary N) is 1. The monoisotopic (exact) mass is 341 g/mol. The van der Waals surface area contributed by atoms with Crippen LogP contribution in [-0.2, 0) is 4.79 Å². The van der Waals surface area contributed by atoms with E-state index in [2.05, 4.69) is 5.32 Å². The minimum atomic E-state index is -0.837. The summed E-state index contributed by atoms with van der Waals surface area (Å²) in [5.74, 6) is -1.65. The lowest BCUT2D eigenvalue weighted by Crippen LogP contribution is -2.42. The number of hydrogen-bond acceptors (Lipinski definition) is 3. The lowest BCUT2D eigenvalue weighted by molar-refractivity contribution is -0.142. The first kappa shape index (κ1) is 17.2. The van der Waals surface area contributed by atoms with E-state index in [0.717, 1.165) is 24.2 Å². The molecule has 1 aromatic carbocycles. The van der Waals surface area contributed by atoms with Crippen LogP contribution in [0.3, 0.4) is 0 Å². The van der Waals surface area contributed by atoms with Crippen molar-refractivity contribution >= 4 is 35.2 Å². The van der Waals surface area contributed by atoms with Crippen LogP contribution in [0, 0.1) is 5.92 Å². The summed E-state index contributed by atoms with van der Waals surface area (Å²) in [6.45, 7) is 0. The molecule has 0 saturated heterocycles. The first-order chi connectivity index (χ1) is 10.5. The molecule has 22 heavy (non-hydrogen) atoms. The van der Waals surface area contributed by atoms with Gasteiger partial charge in [0, 0.05) is 10.9 Å². The molecule has 1 fully saturated rings. The van der Waals surface area contributed by atoms with Crippen LogP contribution < -0.4 is 5.32 Å². The molecule has 1 aromatic rings. The van der Waals surface area contributed by atoms with Gasteiger partial charge in [-0.15, -0.1) is 11.8 Å². The van der Waals surface area contributed by atoms with Crippen LogP contribution in [0.1, 0.15) is 42.5 Å². The molecule has 0 aliphatic heterocycles. The van der Waals surface area contributed by atoms with Gasteiger partial charge >= 0.3 is 5.97 Å². The maximum absolute atomic E-state index is 12.5. The summed E-state index contributed by atoms with van der Waals surface area (Å²) < 4.78 is 0. The maximum atomic E-state index is 12.5. The van der Waals surface area contributed by atoms with E-state index in [1.165, 1.54) is 11.8 Å². The van der Waals surface area contributed by atoms with Crippen molar-refractivity contribution < 1.29 is 14.7 Å². The van der Waals surface area contributed by atoms with Crippen LogP contribution in [-0.4, -0.2) is 29.3 Å². The molecule has 1 aliphatic rings. The van der Waals surface area contributed by atoms with Gasteiger partial charge in [-0.25, -0.2) is 0 Å². The van der Waals surface area contributed by atoms with Crippen LogP contribution in [0.15, 0.2) is 23.1 Å². The highest BCUT2D eigenvalue weighted by atomic mass is 35.5. The Morgan fingerprint density at radius 1 is 1.27 bits per heavy atom. The van der Waals surface area contributed by atoms with Gasteiger partial charge in [0.25, 0.3) is 5.91 Å². The highest BCUT2D eigenvalue weighted by Crippen LogP contribution is 2.26. The fraction of sp³-hybridized carbons (Fsp3) is 0.500. The Bertz CT molecular complexity index is 564. The summed E-state index contributed by atoms with van der Waals surface area (Å²) in [7, 11) is 0. The number of rotatable bonds is 4. The first-order valence-electron chi connectivity index (χ1n) is 7.40. The van der Waals surface area contributed by atoms with Crippen molar-refractivity contribution in [3.8, 4) is 0 Å². The summed E-state index contributed by atoms with van der Waals surface area (Å²) in [5, 5.41) is 12.6. The third-order valence-corrected chi connectivity index (χ3v) is 5.12. The topological polar surface area (TPSA) is 66.4 Å². The van der Waals surface area contributed by atoms with Crippen molar-refractivity contribution in [2.45, 2.75) is 43.0 Å². The van der Waals surface area contributed by atoms with Gasteiger partial charge in [0.05, 0.1) is 16.5 Å².